The number of hydrogen-bond donors (Lipinski definition) is 0. The van der Waals surface area contributed by atoms with Gasteiger partial charge in [-0.25, -0.2) is 0 Å². The first kappa shape index (κ1) is 16.9. The first-order chi connectivity index (χ1) is 10.7. The van der Waals surface area contributed by atoms with E-state index in [2.05, 4.69) is 16.8 Å². The van der Waals surface area contributed by atoms with E-state index in [-0.39, 0.29) is 0 Å². The fourth-order valence-corrected chi connectivity index (χ4v) is 2.86. The minimum atomic E-state index is 0.660. The molecule has 1 aliphatic rings. The summed E-state index contributed by atoms with van der Waals surface area (Å²) in [6.45, 7) is 5.83. The molecule has 5 nitrogen and oxygen atoms in total. The number of aryl methyl sites for hydroxylation is 1. The molecule has 1 fully saturated rings. The number of piperazine rings is 1. The molecule has 2 rings (SSSR count). The van der Waals surface area contributed by atoms with Crippen LogP contribution in [0.1, 0.15) is 12.0 Å². The third kappa shape index (κ3) is 4.27. The molecule has 1 aromatic rings. The van der Waals surface area contributed by atoms with Crippen molar-refractivity contribution in [1.82, 2.24) is 9.80 Å². The number of hydrogen-bond acceptors (Lipinski definition) is 5. The molecule has 0 radical (unpaired) electrons. The monoisotopic (exact) mass is 308 g/mol. The molecular weight excluding hydrogens is 280 g/mol. The van der Waals surface area contributed by atoms with Crippen LogP contribution in [0, 0.1) is 0 Å². The summed E-state index contributed by atoms with van der Waals surface area (Å²) in [4.78, 5) is 4.92. The number of benzene rings is 1. The summed E-state index contributed by atoms with van der Waals surface area (Å²) in [5, 5.41) is 0. The van der Waals surface area contributed by atoms with Gasteiger partial charge in [0.25, 0.3) is 0 Å². The fraction of sp³-hybridized carbons (Fsp3) is 0.647. The molecule has 0 aliphatic carbocycles. The molecule has 0 bridgehead atoms. The van der Waals surface area contributed by atoms with Crippen LogP contribution in [0.2, 0.25) is 0 Å². The SMILES string of the molecule is COc1cc(CCCN2CCN(C)CC2)cc(OC)c1OC. The first-order valence-electron chi connectivity index (χ1n) is 7.87. The summed E-state index contributed by atoms with van der Waals surface area (Å²) < 4.78 is 16.2. The second-order valence-corrected chi connectivity index (χ2v) is 5.78. The zero-order valence-corrected chi connectivity index (χ0v) is 14.2. The van der Waals surface area contributed by atoms with Crippen molar-refractivity contribution in [3.8, 4) is 17.2 Å². The van der Waals surface area contributed by atoms with E-state index in [1.807, 2.05) is 12.1 Å². The second kappa shape index (κ2) is 8.25. The summed E-state index contributed by atoms with van der Waals surface area (Å²) in [7, 11) is 7.14. The molecule has 1 aromatic carbocycles. The van der Waals surface area contributed by atoms with Gasteiger partial charge >= 0.3 is 0 Å². The van der Waals surface area contributed by atoms with Crippen LogP contribution in [-0.2, 0) is 6.42 Å². The van der Waals surface area contributed by atoms with Crippen LogP contribution in [0.25, 0.3) is 0 Å². The maximum atomic E-state index is 5.41. The summed E-state index contributed by atoms with van der Waals surface area (Å²) in [6, 6.07) is 4.09. The molecule has 0 N–H and O–H groups in total. The highest BCUT2D eigenvalue weighted by Crippen LogP contribution is 2.38. The van der Waals surface area contributed by atoms with Gasteiger partial charge in [0.15, 0.2) is 11.5 Å². The van der Waals surface area contributed by atoms with E-state index >= 15 is 0 Å². The zero-order valence-electron chi connectivity index (χ0n) is 14.2. The zero-order chi connectivity index (χ0) is 15.9. The summed E-state index contributed by atoms with van der Waals surface area (Å²) in [5.74, 6) is 2.13. The minimum absolute atomic E-state index is 0.660. The average molecular weight is 308 g/mol. The van der Waals surface area contributed by atoms with Crippen molar-refractivity contribution in [2.45, 2.75) is 12.8 Å². The number of ether oxygens (including phenoxy) is 3. The molecule has 22 heavy (non-hydrogen) atoms. The Morgan fingerprint density at radius 1 is 0.909 bits per heavy atom. The molecule has 124 valence electrons. The largest absolute Gasteiger partial charge is 0.493 e. The molecule has 0 spiro atoms. The van der Waals surface area contributed by atoms with E-state index in [4.69, 9.17) is 14.2 Å². The van der Waals surface area contributed by atoms with Crippen molar-refractivity contribution < 1.29 is 14.2 Å². The highest BCUT2D eigenvalue weighted by Gasteiger charge is 2.15. The van der Waals surface area contributed by atoms with Gasteiger partial charge in [0.1, 0.15) is 0 Å². The Bertz CT molecular complexity index is 446. The lowest BCUT2D eigenvalue weighted by Crippen LogP contribution is -2.44. The second-order valence-electron chi connectivity index (χ2n) is 5.78. The molecule has 1 heterocycles. The van der Waals surface area contributed by atoms with Gasteiger partial charge in [0.05, 0.1) is 21.3 Å². The fourth-order valence-electron chi connectivity index (χ4n) is 2.86. The normalized spacial score (nSPS) is 16.5. The Labute approximate surface area is 133 Å². The number of rotatable bonds is 7. The van der Waals surface area contributed by atoms with Crippen molar-refractivity contribution in [3.05, 3.63) is 17.7 Å². The van der Waals surface area contributed by atoms with E-state index in [0.29, 0.717) is 5.75 Å². The lowest BCUT2D eigenvalue weighted by molar-refractivity contribution is 0.153. The quantitative estimate of drug-likeness (QED) is 0.768. The van der Waals surface area contributed by atoms with E-state index in [1.54, 1.807) is 21.3 Å². The van der Waals surface area contributed by atoms with Crippen LogP contribution in [0.15, 0.2) is 12.1 Å². The standard InChI is InChI=1S/C17H28N2O3/c1-18-8-10-19(11-9-18)7-5-6-14-12-15(20-2)17(22-4)16(13-14)21-3/h12-13H,5-11H2,1-4H3. The smallest absolute Gasteiger partial charge is 0.203 e. The van der Waals surface area contributed by atoms with E-state index < -0.39 is 0 Å². The highest BCUT2D eigenvalue weighted by molar-refractivity contribution is 5.53. The van der Waals surface area contributed by atoms with E-state index in [0.717, 1.165) is 30.9 Å². The molecule has 0 saturated carbocycles. The molecule has 0 aromatic heterocycles. The average Bonchev–Trinajstić information content (AvgIpc) is 2.55. The lowest BCUT2D eigenvalue weighted by atomic mass is 10.1. The van der Waals surface area contributed by atoms with Crippen LogP contribution in [-0.4, -0.2) is 70.9 Å². The molecule has 1 saturated heterocycles. The van der Waals surface area contributed by atoms with E-state index in [9.17, 15) is 0 Å². The van der Waals surface area contributed by atoms with Gasteiger partial charge in [0.2, 0.25) is 5.75 Å². The van der Waals surface area contributed by atoms with Gasteiger partial charge < -0.3 is 24.0 Å². The van der Waals surface area contributed by atoms with Crippen LogP contribution >= 0.6 is 0 Å². The maximum Gasteiger partial charge on any atom is 0.203 e. The van der Waals surface area contributed by atoms with Crippen molar-refractivity contribution in [1.29, 1.82) is 0 Å². The topological polar surface area (TPSA) is 34.2 Å². The van der Waals surface area contributed by atoms with Crippen LogP contribution in [0.3, 0.4) is 0 Å². The molecule has 0 unspecified atom stereocenters. The van der Waals surface area contributed by atoms with Crippen molar-refractivity contribution in [2.75, 3.05) is 61.1 Å². The van der Waals surface area contributed by atoms with Crippen LogP contribution in [0.4, 0.5) is 0 Å². The Hall–Kier alpha value is -1.46. The van der Waals surface area contributed by atoms with Crippen molar-refractivity contribution >= 4 is 0 Å². The summed E-state index contributed by atoms with van der Waals surface area (Å²) in [6.07, 6.45) is 2.16. The van der Waals surface area contributed by atoms with Gasteiger partial charge in [-0.05, 0) is 44.1 Å². The van der Waals surface area contributed by atoms with Crippen molar-refractivity contribution in [3.63, 3.8) is 0 Å². The molecule has 5 heteroatoms. The van der Waals surface area contributed by atoms with Gasteiger partial charge in [-0.1, -0.05) is 0 Å². The van der Waals surface area contributed by atoms with Gasteiger partial charge in [0, 0.05) is 26.2 Å². The van der Waals surface area contributed by atoms with E-state index in [1.165, 1.54) is 31.7 Å². The van der Waals surface area contributed by atoms with Crippen LogP contribution in [0.5, 0.6) is 17.2 Å². The Morgan fingerprint density at radius 3 is 2.00 bits per heavy atom. The summed E-state index contributed by atoms with van der Waals surface area (Å²) in [5.41, 5.74) is 1.23. The highest BCUT2D eigenvalue weighted by atomic mass is 16.5. The maximum absolute atomic E-state index is 5.41. The molecular formula is C17H28N2O3. The Kier molecular flexibility index (Phi) is 6.34. The van der Waals surface area contributed by atoms with Gasteiger partial charge in [-0.3, -0.25) is 0 Å². The van der Waals surface area contributed by atoms with Crippen molar-refractivity contribution in [2.24, 2.45) is 0 Å². The number of likely N-dealkylation sites (N-methyl/N-ethyl adjacent to an activating group) is 1. The predicted molar refractivity (Wildman–Crippen MR) is 88.4 cm³/mol. The Balaban J connectivity index is 1.92. The molecule has 0 atom stereocenters. The molecule has 0 amide bonds. The minimum Gasteiger partial charge on any atom is -0.493 e. The molecule has 1 aliphatic heterocycles. The number of nitrogens with zero attached hydrogens (tertiary/aromatic N) is 2. The number of methoxy groups -OCH3 is 3. The summed E-state index contributed by atoms with van der Waals surface area (Å²) >= 11 is 0. The lowest BCUT2D eigenvalue weighted by Gasteiger charge is -2.32. The van der Waals surface area contributed by atoms with Gasteiger partial charge in [-0.2, -0.15) is 0 Å². The first-order valence-corrected chi connectivity index (χ1v) is 7.87. The Morgan fingerprint density at radius 2 is 1.50 bits per heavy atom. The third-order valence-corrected chi connectivity index (χ3v) is 4.26. The predicted octanol–water partition coefficient (Wildman–Crippen LogP) is 1.89. The third-order valence-electron chi connectivity index (χ3n) is 4.26. The van der Waals surface area contributed by atoms with Crippen LogP contribution < -0.4 is 14.2 Å². The van der Waals surface area contributed by atoms with Gasteiger partial charge in [-0.15, -0.1) is 0 Å².